The van der Waals surface area contributed by atoms with Crippen molar-refractivity contribution in [3.63, 3.8) is 0 Å². The molecule has 96 valence electrons. The number of nitrogens with zero attached hydrogens (tertiary/aromatic N) is 3. The second-order valence-corrected chi connectivity index (χ2v) is 3.90. The summed E-state index contributed by atoms with van der Waals surface area (Å²) in [6.07, 6.45) is 1.53. The predicted octanol–water partition coefficient (Wildman–Crippen LogP) is 2.73. The standard InChI is InChI=1S/C12H8F2N4O/c1-6-8-5-15-12(16-11(8)18-17-6)19-10-3-2-7(13)4-9(10)14/h2-5H,1H3,(H,15,16,17,18). The Kier molecular flexibility index (Phi) is 2.59. The molecule has 0 aliphatic carbocycles. The van der Waals surface area contributed by atoms with Gasteiger partial charge in [-0.3, -0.25) is 5.10 Å². The zero-order chi connectivity index (χ0) is 13.4. The van der Waals surface area contributed by atoms with Crippen LogP contribution in [0, 0.1) is 18.6 Å². The lowest BCUT2D eigenvalue weighted by Gasteiger charge is -2.04. The molecule has 3 aromatic rings. The predicted molar refractivity (Wildman–Crippen MR) is 62.9 cm³/mol. The Morgan fingerprint density at radius 1 is 1.26 bits per heavy atom. The number of hydrogen-bond acceptors (Lipinski definition) is 4. The maximum Gasteiger partial charge on any atom is 0.324 e. The van der Waals surface area contributed by atoms with Gasteiger partial charge >= 0.3 is 6.01 Å². The molecule has 0 fully saturated rings. The highest BCUT2D eigenvalue weighted by Crippen LogP contribution is 2.23. The number of aromatic amines is 1. The molecule has 2 aromatic heterocycles. The largest absolute Gasteiger partial charge is 0.421 e. The van der Waals surface area contributed by atoms with Crippen LogP contribution in [0.4, 0.5) is 8.78 Å². The van der Waals surface area contributed by atoms with Crippen LogP contribution in [0.25, 0.3) is 11.0 Å². The van der Waals surface area contributed by atoms with Crippen LogP contribution in [0.15, 0.2) is 24.4 Å². The Morgan fingerprint density at radius 3 is 2.89 bits per heavy atom. The highest BCUT2D eigenvalue weighted by Gasteiger charge is 2.10. The number of H-pyrrole nitrogens is 1. The average Bonchev–Trinajstić information content (AvgIpc) is 2.74. The van der Waals surface area contributed by atoms with Crippen molar-refractivity contribution in [1.82, 2.24) is 20.2 Å². The van der Waals surface area contributed by atoms with Gasteiger partial charge in [-0.2, -0.15) is 10.1 Å². The van der Waals surface area contributed by atoms with E-state index in [-0.39, 0.29) is 11.8 Å². The number of halogens is 2. The first-order valence-electron chi connectivity index (χ1n) is 5.44. The van der Waals surface area contributed by atoms with Crippen LogP contribution in [0.2, 0.25) is 0 Å². The Labute approximate surface area is 106 Å². The van der Waals surface area contributed by atoms with E-state index < -0.39 is 11.6 Å². The number of aryl methyl sites for hydroxylation is 1. The van der Waals surface area contributed by atoms with Crippen LogP contribution in [-0.4, -0.2) is 20.2 Å². The number of rotatable bonds is 2. The zero-order valence-corrected chi connectivity index (χ0v) is 9.82. The second kappa shape index (κ2) is 4.27. The molecule has 0 amide bonds. The van der Waals surface area contributed by atoms with Gasteiger partial charge < -0.3 is 4.74 Å². The highest BCUT2D eigenvalue weighted by atomic mass is 19.1. The summed E-state index contributed by atoms with van der Waals surface area (Å²) in [5, 5.41) is 7.43. The highest BCUT2D eigenvalue weighted by molar-refractivity contribution is 5.76. The van der Waals surface area contributed by atoms with Crippen LogP contribution in [0.1, 0.15) is 5.69 Å². The smallest absolute Gasteiger partial charge is 0.324 e. The van der Waals surface area contributed by atoms with Crippen molar-refractivity contribution in [2.75, 3.05) is 0 Å². The first kappa shape index (κ1) is 11.5. The summed E-state index contributed by atoms with van der Waals surface area (Å²) in [4.78, 5) is 7.99. The number of aromatic nitrogens is 4. The molecule has 0 radical (unpaired) electrons. The van der Waals surface area contributed by atoms with Crippen LogP contribution >= 0.6 is 0 Å². The maximum atomic E-state index is 13.4. The maximum absolute atomic E-state index is 13.4. The third kappa shape index (κ3) is 2.10. The fourth-order valence-electron chi connectivity index (χ4n) is 1.62. The van der Waals surface area contributed by atoms with E-state index in [1.807, 2.05) is 6.92 Å². The summed E-state index contributed by atoms with van der Waals surface area (Å²) in [5.74, 6) is -1.63. The lowest BCUT2D eigenvalue weighted by molar-refractivity contribution is 0.409. The van der Waals surface area contributed by atoms with Gasteiger partial charge in [0.15, 0.2) is 17.2 Å². The minimum absolute atomic E-state index is 0.0401. The molecule has 0 unspecified atom stereocenters. The molecule has 0 aliphatic rings. The summed E-state index contributed by atoms with van der Waals surface area (Å²) in [7, 11) is 0. The number of benzene rings is 1. The lowest BCUT2D eigenvalue weighted by Crippen LogP contribution is -1.94. The second-order valence-electron chi connectivity index (χ2n) is 3.90. The third-order valence-electron chi connectivity index (χ3n) is 2.58. The van der Waals surface area contributed by atoms with Gasteiger partial charge in [-0.05, 0) is 19.1 Å². The Hall–Kier alpha value is -2.57. The molecule has 2 heterocycles. The van der Waals surface area contributed by atoms with Crippen molar-refractivity contribution in [2.24, 2.45) is 0 Å². The monoisotopic (exact) mass is 262 g/mol. The van der Waals surface area contributed by atoms with E-state index in [0.717, 1.165) is 23.2 Å². The zero-order valence-electron chi connectivity index (χ0n) is 9.82. The van der Waals surface area contributed by atoms with E-state index in [1.165, 1.54) is 12.3 Å². The Balaban J connectivity index is 1.96. The van der Waals surface area contributed by atoms with Crippen molar-refractivity contribution >= 4 is 11.0 Å². The van der Waals surface area contributed by atoms with Crippen molar-refractivity contribution in [1.29, 1.82) is 0 Å². The molecular weight excluding hydrogens is 254 g/mol. The lowest BCUT2D eigenvalue weighted by atomic mass is 10.3. The molecule has 0 bridgehead atoms. The molecular formula is C12H8F2N4O. The summed E-state index contributed by atoms with van der Waals surface area (Å²) >= 11 is 0. The van der Waals surface area contributed by atoms with Crippen LogP contribution in [-0.2, 0) is 0 Å². The number of fused-ring (bicyclic) bond motifs is 1. The molecule has 0 atom stereocenters. The summed E-state index contributed by atoms with van der Waals surface area (Å²) < 4.78 is 31.3. The molecule has 0 saturated carbocycles. The molecule has 0 spiro atoms. The minimum Gasteiger partial charge on any atom is -0.421 e. The van der Waals surface area contributed by atoms with Gasteiger partial charge in [0.2, 0.25) is 0 Å². The first-order chi connectivity index (χ1) is 9.13. The third-order valence-corrected chi connectivity index (χ3v) is 2.58. The average molecular weight is 262 g/mol. The van der Waals surface area contributed by atoms with Crippen molar-refractivity contribution in [2.45, 2.75) is 6.92 Å². The fraction of sp³-hybridized carbons (Fsp3) is 0.0833. The van der Waals surface area contributed by atoms with Gasteiger partial charge in [0.1, 0.15) is 5.82 Å². The summed E-state index contributed by atoms with van der Waals surface area (Å²) in [6, 6.07) is 2.96. The van der Waals surface area contributed by atoms with Crippen molar-refractivity contribution < 1.29 is 13.5 Å². The minimum atomic E-state index is -0.815. The SMILES string of the molecule is Cc1n[nH]c2nc(Oc3ccc(F)cc3F)ncc12. The van der Waals surface area contributed by atoms with Crippen molar-refractivity contribution in [3.05, 3.63) is 41.7 Å². The van der Waals surface area contributed by atoms with Gasteiger partial charge in [0.25, 0.3) is 0 Å². The van der Waals surface area contributed by atoms with E-state index in [2.05, 4.69) is 20.2 Å². The Morgan fingerprint density at radius 2 is 2.11 bits per heavy atom. The molecule has 1 N–H and O–H groups in total. The fourth-order valence-corrected chi connectivity index (χ4v) is 1.62. The molecule has 7 heteroatoms. The van der Waals surface area contributed by atoms with Gasteiger partial charge in [-0.1, -0.05) is 0 Å². The Bertz CT molecular complexity index is 757. The molecule has 0 aliphatic heterocycles. The molecule has 3 rings (SSSR count). The van der Waals surface area contributed by atoms with Gasteiger partial charge in [-0.25, -0.2) is 13.8 Å². The van der Waals surface area contributed by atoms with Crippen LogP contribution in [0.3, 0.4) is 0 Å². The number of ether oxygens (including phenoxy) is 1. The van der Waals surface area contributed by atoms with E-state index >= 15 is 0 Å². The first-order valence-corrected chi connectivity index (χ1v) is 5.44. The summed E-state index contributed by atoms with van der Waals surface area (Å²) in [5.41, 5.74) is 1.25. The molecule has 0 saturated heterocycles. The number of nitrogens with one attached hydrogen (secondary N) is 1. The molecule has 19 heavy (non-hydrogen) atoms. The van der Waals surface area contributed by atoms with Gasteiger partial charge in [-0.15, -0.1) is 0 Å². The van der Waals surface area contributed by atoms with E-state index in [0.29, 0.717) is 5.65 Å². The van der Waals surface area contributed by atoms with Crippen LogP contribution < -0.4 is 4.74 Å². The normalized spacial score (nSPS) is 10.9. The van der Waals surface area contributed by atoms with E-state index in [9.17, 15) is 8.78 Å². The number of hydrogen-bond donors (Lipinski definition) is 1. The van der Waals surface area contributed by atoms with E-state index in [1.54, 1.807) is 0 Å². The van der Waals surface area contributed by atoms with Gasteiger partial charge in [0.05, 0.1) is 11.1 Å². The van der Waals surface area contributed by atoms with E-state index in [4.69, 9.17) is 4.74 Å². The summed E-state index contributed by atoms with van der Waals surface area (Å²) in [6.45, 7) is 1.81. The van der Waals surface area contributed by atoms with Crippen molar-refractivity contribution in [3.8, 4) is 11.8 Å². The topological polar surface area (TPSA) is 63.7 Å². The van der Waals surface area contributed by atoms with Gasteiger partial charge in [0, 0.05) is 12.3 Å². The van der Waals surface area contributed by atoms with Crippen LogP contribution in [0.5, 0.6) is 11.8 Å². The molecule has 5 nitrogen and oxygen atoms in total. The molecule has 1 aromatic carbocycles. The quantitative estimate of drug-likeness (QED) is 0.771.